The Morgan fingerprint density at radius 2 is 1.58 bits per heavy atom. The molecule has 0 amide bonds. The van der Waals surface area contributed by atoms with Crippen molar-refractivity contribution in [3.8, 4) is 11.1 Å². The third-order valence-corrected chi connectivity index (χ3v) is 5.86. The highest BCUT2D eigenvalue weighted by Gasteiger charge is 2.43. The summed E-state index contributed by atoms with van der Waals surface area (Å²) in [4.78, 5) is 13.4. The summed E-state index contributed by atoms with van der Waals surface area (Å²) in [7, 11) is 0. The number of carbonyl (C=O) groups excluding carboxylic acids is 1. The number of hydrogen-bond acceptors (Lipinski definition) is 3. The van der Waals surface area contributed by atoms with E-state index in [0.717, 1.165) is 11.1 Å². The van der Waals surface area contributed by atoms with Gasteiger partial charge in [-0.25, -0.2) is 4.57 Å². The number of ketones is 1. The van der Waals surface area contributed by atoms with Crippen LogP contribution in [0.25, 0.3) is 11.1 Å². The lowest BCUT2D eigenvalue weighted by Gasteiger charge is -2.35. The van der Waals surface area contributed by atoms with Crippen LogP contribution in [0.15, 0.2) is 109 Å². The molecule has 3 aromatic rings. The Kier molecular flexibility index (Phi) is 8.34. The maximum atomic E-state index is 13.4. The summed E-state index contributed by atoms with van der Waals surface area (Å²) in [6, 6.07) is 23.4. The zero-order valence-electron chi connectivity index (χ0n) is 18.6. The molecule has 33 heavy (non-hydrogen) atoms. The number of pyridine rings is 1. The van der Waals surface area contributed by atoms with Crippen molar-refractivity contribution >= 4 is 5.78 Å². The summed E-state index contributed by atoms with van der Waals surface area (Å²) in [6.07, 6.45) is 10.7. The number of aliphatic hydroxyl groups excluding tert-OH is 1. The third kappa shape index (κ3) is 5.66. The molecule has 0 bridgehead atoms. The Morgan fingerprint density at radius 1 is 0.970 bits per heavy atom. The molecule has 1 aromatic heterocycles. The van der Waals surface area contributed by atoms with Crippen molar-refractivity contribution in [3.05, 3.63) is 115 Å². The van der Waals surface area contributed by atoms with E-state index in [1.807, 2.05) is 96.7 Å². The molecule has 170 valence electrons. The number of ether oxygens (including phenoxy) is 1. The van der Waals surface area contributed by atoms with Crippen LogP contribution >= 0.6 is 0 Å². The highest BCUT2D eigenvalue weighted by atomic mass is 35.5. The van der Waals surface area contributed by atoms with E-state index in [-0.39, 0.29) is 30.7 Å². The predicted octanol–water partition coefficient (Wildman–Crippen LogP) is 1.41. The Balaban J connectivity index is 0.00000306. The average molecular weight is 462 g/mol. The second kappa shape index (κ2) is 11.2. The molecule has 1 N–H and O–H groups in total. The van der Waals surface area contributed by atoms with Gasteiger partial charge in [-0.15, -0.1) is 0 Å². The number of nitrogens with zero attached hydrogens (tertiary/aromatic N) is 1. The lowest BCUT2D eigenvalue weighted by molar-refractivity contribution is -0.703. The second-order valence-electron chi connectivity index (χ2n) is 8.14. The number of carbonyl (C=O) groups is 1. The third-order valence-electron chi connectivity index (χ3n) is 5.86. The van der Waals surface area contributed by atoms with Crippen LogP contribution in [0.5, 0.6) is 0 Å². The van der Waals surface area contributed by atoms with E-state index >= 15 is 0 Å². The van der Waals surface area contributed by atoms with Crippen LogP contribution in [0.2, 0.25) is 0 Å². The second-order valence-corrected chi connectivity index (χ2v) is 8.14. The fraction of sp³-hybridized carbons (Fsp3) is 0.214. The number of Topliss-reactive ketones (excluding diaryl/α,β-unsaturated/α-hetero) is 1. The molecule has 1 aliphatic carbocycles. The molecule has 4 rings (SSSR count). The highest BCUT2D eigenvalue weighted by Crippen LogP contribution is 2.32. The van der Waals surface area contributed by atoms with E-state index in [0.29, 0.717) is 12.1 Å². The van der Waals surface area contributed by atoms with Crippen molar-refractivity contribution in [3.63, 3.8) is 0 Å². The van der Waals surface area contributed by atoms with Gasteiger partial charge in [-0.2, -0.15) is 0 Å². The molecule has 0 fully saturated rings. The van der Waals surface area contributed by atoms with Crippen LogP contribution in [-0.2, 0) is 11.3 Å². The van der Waals surface area contributed by atoms with Crippen LogP contribution in [0.4, 0.5) is 0 Å². The number of benzene rings is 2. The Hall–Kier alpha value is -3.05. The molecular formula is C28H28ClNO3. The topological polar surface area (TPSA) is 50.4 Å². The molecule has 0 saturated carbocycles. The maximum absolute atomic E-state index is 13.4. The predicted molar refractivity (Wildman–Crippen MR) is 125 cm³/mol. The first-order chi connectivity index (χ1) is 15.6. The van der Waals surface area contributed by atoms with Gasteiger partial charge < -0.3 is 22.3 Å². The van der Waals surface area contributed by atoms with E-state index in [1.165, 1.54) is 0 Å². The SMILES string of the molecule is CC1C=CC=CC1(OCC(O)C[n+]1ccc(-c2ccccc2)cc1)C(=O)c1ccccc1.[Cl-]. The van der Waals surface area contributed by atoms with E-state index in [4.69, 9.17) is 4.74 Å². The Bertz CT molecular complexity index is 1100. The Labute approximate surface area is 201 Å². The van der Waals surface area contributed by atoms with Gasteiger partial charge in [-0.1, -0.05) is 85.8 Å². The molecule has 1 aliphatic rings. The molecule has 3 atom stereocenters. The summed E-state index contributed by atoms with van der Waals surface area (Å²) in [6.45, 7) is 2.39. The van der Waals surface area contributed by atoms with Crippen molar-refractivity contribution in [2.24, 2.45) is 5.92 Å². The van der Waals surface area contributed by atoms with Crippen molar-refractivity contribution < 1.29 is 31.6 Å². The molecule has 5 heteroatoms. The average Bonchev–Trinajstić information content (AvgIpc) is 2.85. The first kappa shape index (κ1) is 24.6. The summed E-state index contributed by atoms with van der Waals surface area (Å²) < 4.78 is 8.10. The van der Waals surface area contributed by atoms with E-state index in [2.05, 4.69) is 12.1 Å². The normalized spacial score (nSPS) is 20.1. The number of rotatable bonds is 8. The molecule has 2 aromatic carbocycles. The fourth-order valence-electron chi connectivity index (χ4n) is 4.00. The minimum absolute atomic E-state index is 0. The minimum atomic E-state index is -1.13. The lowest BCUT2D eigenvalue weighted by Crippen LogP contribution is -3.00. The van der Waals surface area contributed by atoms with E-state index in [9.17, 15) is 9.90 Å². The van der Waals surface area contributed by atoms with Crippen LogP contribution < -0.4 is 17.0 Å². The lowest BCUT2D eigenvalue weighted by atomic mass is 9.79. The van der Waals surface area contributed by atoms with Crippen molar-refractivity contribution in [1.29, 1.82) is 0 Å². The van der Waals surface area contributed by atoms with Crippen LogP contribution in [0.3, 0.4) is 0 Å². The summed E-state index contributed by atoms with van der Waals surface area (Å²) in [5.74, 6) is -0.247. The van der Waals surface area contributed by atoms with Gasteiger partial charge in [0.25, 0.3) is 0 Å². The molecular weight excluding hydrogens is 434 g/mol. The maximum Gasteiger partial charge on any atom is 0.199 e. The summed E-state index contributed by atoms with van der Waals surface area (Å²) in [5, 5.41) is 10.7. The van der Waals surface area contributed by atoms with Gasteiger partial charge in [0.1, 0.15) is 6.10 Å². The first-order valence-electron chi connectivity index (χ1n) is 10.9. The zero-order valence-corrected chi connectivity index (χ0v) is 19.3. The first-order valence-corrected chi connectivity index (χ1v) is 10.9. The standard InChI is InChI=1S/C28H28NO3.ClH/c1-22-10-8-9-17-28(22,27(31)25-13-6-3-7-14-25)32-21-26(30)20-29-18-15-24(16-19-29)23-11-4-2-5-12-23;/h2-19,22,26,30H,20-21H2,1H3;1H/q+1;/p-1. The van der Waals surface area contributed by atoms with Crippen molar-refractivity contribution in [1.82, 2.24) is 0 Å². The van der Waals surface area contributed by atoms with Crippen molar-refractivity contribution in [2.75, 3.05) is 6.61 Å². The largest absolute Gasteiger partial charge is 1.00 e. The number of allylic oxidation sites excluding steroid dienone is 2. The van der Waals surface area contributed by atoms with E-state index < -0.39 is 11.7 Å². The van der Waals surface area contributed by atoms with Gasteiger partial charge in [-0.05, 0) is 17.2 Å². The number of aliphatic hydroxyl groups is 1. The summed E-state index contributed by atoms with van der Waals surface area (Å²) in [5.41, 5.74) is 1.74. The quantitative estimate of drug-likeness (QED) is 0.407. The van der Waals surface area contributed by atoms with Crippen LogP contribution in [0.1, 0.15) is 17.3 Å². The van der Waals surface area contributed by atoms with Gasteiger partial charge >= 0.3 is 0 Å². The smallest absolute Gasteiger partial charge is 0.199 e. The van der Waals surface area contributed by atoms with Gasteiger partial charge in [-0.3, -0.25) is 4.79 Å². The number of hydrogen-bond donors (Lipinski definition) is 1. The monoisotopic (exact) mass is 461 g/mol. The van der Waals surface area contributed by atoms with Gasteiger partial charge in [0, 0.05) is 23.6 Å². The van der Waals surface area contributed by atoms with Gasteiger partial charge in [0.2, 0.25) is 0 Å². The molecule has 4 nitrogen and oxygen atoms in total. The number of aromatic nitrogens is 1. The Morgan fingerprint density at radius 3 is 2.21 bits per heavy atom. The number of halogens is 1. The minimum Gasteiger partial charge on any atom is -1.00 e. The molecule has 0 radical (unpaired) electrons. The summed E-state index contributed by atoms with van der Waals surface area (Å²) >= 11 is 0. The molecule has 0 aliphatic heterocycles. The molecule has 1 heterocycles. The fourth-order valence-corrected chi connectivity index (χ4v) is 4.00. The van der Waals surface area contributed by atoms with Gasteiger partial charge in [0.15, 0.2) is 30.3 Å². The van der Waals surface area contributed by atoms with Crippen molar-refractivity contribution in [2.45, 2.75) is 25.2 Å². The highest BCUT2D eigenvalue weighted by molar-refractivity contribution is 6.04. The molecule has 3 unspecified atom stereocenters. The molecule has 0 spiro atoms. The van der Waals surface area contributed by atoms with Gasteiger partial charge in [0.05, 0.1) is 6.61 Å². The zero-order chi connectivity index (χ0) is 22.4. The molecule has 0 saturated heterocycles. The van der Waals surface area contributed by atoms with Crippen LogP contribution in [-0.4, -0.2) is 29.2 Å². The van der Waals surface area contributed by atoms with E-state index in [1.54, 1.807) is 12.1 Å². The van der Waals surface area contributed by atoms with Crippen LogP contribution in [0, 0.1) is 5.92 Å².